The first-order valence-electron chi connectivity index (χ1n) is 7.85. The van der Waals surface area contributed by atoms with E-state index in [1.165, 1.54) is 6.92 Å². The Morgan fingerprint density at radius 3 is 1.93 bits per heavy atom. The number of alkyl halides is 10. The summed E-state index contributed by atoms with van der Waals surface area (Å²) in [6.45, 7) is 1.65. The standard InChI is InChI=1S/C15H12F10N2O3/c1-3-5-6(11(28)30-4-2)9(14(20,21)22)26-8(10(16)17)7(5)27-12(29)13(18,19)15(23,24)25/h10H,3-4H2,1-2H3,(H,27,29). The van der Waals surface area contributed by atoms with Crippen LogP contribution in [0.2, 0.25) is 0 Å². The van der Waals surface area contributed by atoms with Gasteiger partial charge in [-0.3, -0.25) is 4.79 Å². The molecule has 15 heteroatoms. The molecule has 1 N–H and O–H groups in total. The first-order valence-corrected chi connectivity index (χ1v) is 7.85. The summed E-state index contributed by atoms with van der Waals surface area (Å²) in [6.07, 6.45) is -16.7. The number of amides is 1. The Hall–Kier alpha value is -2.61. The van der Waals surface area contributed by atoms with Gasteiger partial charge in [0.1, 0.15) is 5.69 Å². The van der Waals surface area contributed by atoms with Gasteiger partial charge in [0.05, 0.1) is 17.9 Å². The molecule has 0 aliphatic heterocycles. The molecule has 0 aliphatic carbocycles. The summed E-state index contributed by atoms with van der Waals surface area (Å²) in [4.78, 5) is 25.9. The summed E-state index contributed by atoms with van der Waals surface area (Å²) in [5.74, 6) is -11.0. The second kappa shape index (κ2) is 8.63. The Morgan fingerprint density at radius 1 is 1.03 bits per heavy atom. The quantitative estimate of drug-likeness (QED) is 0.486. The van der Waals surface area contributed by atoms with Gasteiger partial charge < -0.3 is 10.1 Å². The highest BCUT2D eigenvalue weighted by Crippen LogP contribution is 2.41. The molecule has 30 heavy (non-hydrogen) atoms. The molecule has 1 rings (SSSR count). The third kappa shape index (κ3) is 4.92. The van der Waals surface area contributed by atoms with Crippen LogP contribution < -0.4 is 5.32 Å². The Labute approximate surface area is 161 Å². The van der Waals surface area contributed by atoms with Crippen molar-refractivity contribution in [2.75, 3.05) is 11.9 Å². The molecule has 0 aliphatic rings. The van der Waals surface area contributed by atoms with Crippen LogP contribution in [0.5, 0.6) is 0 Å². The van der Waals surface area contributed by atoms with Crippen molar-refractivity contribution in [2.24, 2.45) is 0 Å². The summed E-state index contributed by atoms with van der Waals surface area (Å²) in [6, 6.07) is 0. The first kappa shape index (κ1) is 25.4. The van der Waals surface area contributed by atoms with Crippen molar-refractivity contribution in [3.8, 4) is 0 Å². The van der Waals surface area contributed by atoms with Gasteiger partial charge in [-0.2, -0.15) is 35.1 Å². The molecule has 170 valence electrons. The first-order chi connectivity index (χ1) is 13.5. The minimum Gasteiger partial charge on any atom is -0.462 e. The summed E-state index contributed by atoms with van der Waals surface area (Å²) in [5.41, 5.74) is -8.29. The number of pyridine rings is 1. The highest BCUT2D eigenvalue weighted by Gasteiger charge is 2.63. The molecule has 1 heterocycles. The minimum atomic E-state index is -6.43. The SMILES string of the molecule is CCOC(=O)c1c(C(F)(F)F)nc(C(F)F)c(NC(=O)C(F)(F)C(F)(F)F)c1CC. The number of hydrogen-bond donors (Lipinski definition) is 1. The van der Waals surface area contributed by atoms with Gasteiger partial charge in [0.2, 0.25) is 0 Å². The Bertz CT molecular complexity index is 818. The van der Waals surface area contributed by atoms with Crippen LogP contribution in [0.25, 0.3) is 0 Å². The fourth-order valence-electron chi connectivity index (χ4n) is 2.25. The van der Waals surface area contributed by atoms with Gasteiger partial charge >= 0.3 is 30.2 Å². The van der Waals surface area contributed by atoms with Crippen LogP contribution >= 0.6 is 0 Å². The topological polar surface area (TPSA) is 68.3 Å². The maximum Gasteiger partial charge on any atom is 0.463 e. The van der Waals surface area contributed by atoms with Crippen molar-refractivity contribution in [3.05, 3.63) is 22.5 Å². The number of carbonyl (C=O) groups is 2. The molecule has 0 radical (unpaired) electrons. The van der Waals surface area contributed by atoms with Crippen LogP contribution in [0, 0.1) is 0 Å². The molecule has 1 aromatic heterocycles. The number of hydrogen-bond acceptors (Lipinski definition) is 4. The van der Waals surface area contributed by atoms with Gasteiger partial charge in [-0.1, -0.05) is 6.92 Å². The molecule has 0 spiro atoms. The molecule has 0 unspecified atom stereocenters. The average Bonchev–Trinajstić information content (AvgIpc) is 2.58. The molecule has 0 atom stereocenters. The lowest BCUT2D eigenvalue weighted by Crippen LogP contribution is -2.47. The second-order valence-electron chi connectivity index (χ2n) is 5.47. The molecule has 1 amide bonds. The number of rotatable bonds is 6. The number of nitrogens with one attached hydrogen (secondary N) is 1. The summed E-state index contributed by atoms with van der Waals surface area (Å²) in [7, 11) is 0. The number of ether oxygens (including phenoxy) is 1. The van der Waals surface area contributed by atoms with Crippen molar-refractivity contribution in [1.82, 2.24) is 4.98 Å². The molecule has 5 nitrogen and oxygen atoms in total. The molecule has 0 fully saturated rings. The van der Waals surface area contributed by atoms with Crippen molar-refractivity contribution in [1.29, 1.82) is 0 Å². The molecular formula is C15H12F10N2O3. The summed E-state index contributed by atoms with van der Waals surface area (Å²) in [5, 5.41) is 0.848. The fraction of sp³-hybridized carbons (Fsp3) is 0.533. The Morgan fingerprint density at radius 2 is 1.57 bits per heavy atom. The minimum absolute atomic E-state index is 0.496. The van der Waals surface area contributed by atoms with Gasteiger partial charge in [-0.15, -0.1) is 0 Å². The number of nitrogens with zero attached hydrogens (tertiary/aromatic N) is 1. The van der Waals surface area contributed by atoms with Crippen LogP contribution in [0.15, 0.2) is 0 Å². The van der Waals surface area contributed by atoms with E-state index in [2.05, 4.69) is 9.72 Å². The van der Waals surface area contributed by atoms with E-state index in [4.69, 9.17) is 0 Å². The van der Waals surface area contributed by atoms with E-state index in [1.54, 1.807) is 0 Å². The number of anilines is 1. The van der Waals surface area contributed by atoms with E-state index in [9.17, 15) is 53.5 Å². The predicted octanol–water partition coefficient (Wildman–Crippen LogP) is 4.91. The van der Waals surface area contributed by atoms with Crippen LogP contribution in [0.3, 0.4) is 0 Å². The molecule has 0 saturated heterocycles. The summed E-state index contributed by atoms with van der Waals surface area (Å²) >= 11 is 0. The number of carbonyl (C=O) groups excluding carboxylic acids is 2. The van der Waals surface area contributed by atoms with E-state index in [0.717, 1.165) is 12.2 Å². The van der Waals surface area contributed by atoms with Crippen molar-refractivity contribution in [3.63, 3.8) is 0 Å². The normalized spacial score (nSPS) is 12.8. The van der Waals surface area contributed by atoms with Crippen molar-refractivity contribution in [2.45, 2.75) is 45.0 Å². The van der Waals surface area contributed by atoms with E-state index in [0.29, 0.717) is 0 Å². The highest BCUT2D eigenvalue weighted by atomic mass is 19.4. The van der Waals surface area contributed by atoms with Crippen LogP contribution in [-0.2, 0) is 22.1 Å². The molecular weight excluding hydrogens is 446 g/mol. The number of aromatic nitrogens is 1. The zero-order valence-electron chi connectivity index (χ0n) is 14.9. The third-order valence-corrected chi connectivity index (χ3v) is 3.52. The lowest BCUT2D eigenvalue weighted by atomic mass is 9.99. The van der Waals surface area contributed by atoms with Crippen molar-refractivity contribution >= 4 is 17.6 Å². The van der Waals surface area contributed by atoms with Gasteiger partial charge in [0, 0.05) is 0 Å². The maximum absolute atomic E-state index is 13.3. The fourth-order valence-corrected chi connectivity index (χ4v) is 2.25. The maximum atomic E-state index is 13.3. The summed E-state index contributed by atoms with van der Waals surface area (Å²) < 4.78 is 134. The van der Waals surface area contributed by atoms with Crippen LogP contribution in [0.1, 0.15) is 47.6 Å². The predicted molar refractivity (Wildman–Crippen MR) is 79.2 cm³/mol. The number of halogens is 10. The van der Waals surface area contributed by atoms with Gasteiger partial charge in [0.15, 0.2) is 5.69 Å². The van der Waals surface area contributed by atoms with E-state index >= 15 is 0 Å². The lowest BCUT2D eigenvalue weighted by Gasteiger charge is -2.23. The van der Waals surface area contributed by atoms with Crippen molar-refractivity contribution < 1.29 is 58.2 Å². The van der Waals surface area contributed by atoms with E-state index in [-0.39, 0.29) is 0 Å². The Kier molecular flexibility index (Phi) is 7.32. The average molecular weight is 458 g/mol. The van der Waals surface area contributed by atoms with Gasteiger partial charge in [0.25, 0.3) is 6.43 Å². The smallest absolute Gasteiger partial charge is 0.462 e. The highest BCUT2D eigenvalue weighted by molar-refractivity contribution is 6.01. The number of esters is 1. The molecule has 0 aromatic carbocycles. The molecule has 0 saturated carbocycles. The monoisotopic (exact) mass is 458 g/mol. The zero-order valence-corrected chi connectivity index (χ0v) is 14.9. The van der Waals surface area contributed by atoms with E-state index < -0.39 is 77.8 Å². The Balaban J connectivity index is 3.87. The van der Waals surface area contributed by atoms with E-state index in [1.807, 2.05) is 0 Å². The second-order valence-corrected chi connectivity index (χ2v) is 5.47. The largest absolute Gasteiger partial charge is 0.463 e. The zero-order chi connectivity index (χ0) is 23.7. The molecule has 1 aromatic rings. The third-order valence-electron chi connectivity index (χ3n) is 3.52. The van der Waals surface area contributed by atoms with Crippen LogP contribution in [-0.4, -0.2) is 35.6 Å². The molecule has 0 bridgehead atoms. The lowest BCUT2D eigenvalue weighted by molar-refractivity contribution is -0.267. The van der Waals surface area contributed by atoms with Gasteiger partial charge in [-0.25, -0.2) is 18.6 Å². The van der Waals surface area contributed by atoms with Gasteiger partial charge in [-0.05, 0) is 18.9 Å². The van der Waals surface area contributed by atoms with Crippen LogP contribution in [0.4, 0.5) is 49.6 Å².